The van der Waals surface area contributed by atoms with Crippen LogP contribution in [0.1, 0.15) is 86.0 Å². The molecule has 10 atom stereocenters. The van der Waals surface area contributed by atoms with Crippen molar-refractivity contribution >= 4 is 30.9 Å². The fourth-order valence-corrected chi connectivity index (χ4v) is 9.83. The minimum Gasteiger partial charge on any atom is -0.478 e. The lowest BCUT2D eigenvalue weighted by Crippen LogP contribution is -2.65. The number of aliphatic hydroxyl groups is 2. The van der Waals surface area contributed by atoms with Crippen LogP contribution in [0.4, 0.5) is 0 Å². The highest BCUT2D eigenvalue weighted by atomic mass is 32.1. The summed E-state index contributed by atoms with van der Waals surface area (Å²) in [5.74, 6) is -1.28. The molecule has 0 bridgehead atoms. The van der Waals surface area contributed by atoms with Gasteiger partial charge in [0, 0.05) is 17.4 Å². The van der Waals surface area contributed by atoms with E-state index in [-0.39, 0.29) is 57.0 Å². The SMILES string of the molecule is CC(=O)O[C@H]1C[C@@]2(C)[C@@H](C[C@@H](O)[C@H]3[C@@]4(C)CC[C@@H](O)[C@@H](C)[C@@H]4CC[C@@]32C)/C1=C(\CC/C=C(\S)C=O)C(=O)O. The number of aliphatic hydroxyl groups excluding tert-OH is 2. The van der Waals surface area contributed by atoms with Crippen LogP contribution in [0.25, 0.3) is 0 Å². The average molecular weight is 549 g/mol. The van der Waals surface area contributed by atoms with Crippen LogP contribution in [-0.4, -0.2) is 51.9 Å². The second-order valence-corrected chi connectivity index (χ2v) is 13.6. The van der Waals surface area contributed by atoms with E-state index in [2.05, 4.69) is 40.3 Å². The maximum Gasteiger partial charge on any atom is 0.331 e. The number of rotatable bonds is 6. The summed E-state index contributed by atoms with van der Waals surface area (Å²) in [4.78, 5) is 36.0. The fourth-order valence-electron chi connectivity index (χ4n) is 9.70. The molecule has 0 unspecified atom stereocenters. The fraction of sp³-hybridized carbons (Fsp3) is 0.767. The number of hydrogen-bond donors (Lipinski definition) is 4. The molecule has 0 amide bonds. The Hall–Kier alpha value is -1.64. The molecule has 38 heavy (non-hydrogen) atoms. The third kappa shape index (κ3) is 4.48. The standard InChI is InChI=1S/C30H44O7S/c1-16-20-9-12-29(4)26(28(20,3)11-10-22(16)33)23(34)13-21-25(24(37-17(2)32)14-30(21,29)5)19(27(35)36)8-6-7-18(38)15-31/h7,15-16,20-24,26,33-34,38H,6,8-14H2,1-5H3,(H,35,36)/b18-7-,25-19-/t16-,20-,21-,22+,23+,24-,26-,28-,29-,30-/m0/s1. The van der Waals surface area contributed by atoms with Crippen molar-refractivity contribution in [1.82, 2.24) is 0 Å². The molecule has 0 aromatic rings. The third-order valence-corrected chi connectivity index (χ3v) is 11.8. The second-order valence-electron chi connectivity index (χ2n) is 13.1. The Bertz CT molecular complexity index is 1050. The predicted molar refractivity (Wildman–Crippen MR) is 146 cm³/mol. The van der Waals surface area contributed by atoms with Crippen molar-refractivity contribution in [1.29, 1.82) is 0 Å². The van der Waals surface area contributed by atoms with Gasteiger partial charge in [-0.15, -0.1) is 12.6 Å². The van der Waals surface area contributed by atoms with Crippen molar-refractivity contribution in [2.75, 3.05) is 0 Å². The zero-order valence-corrected chi connectivity index (χ0v) is 24.2. The number of carbonyl (C=O) groups excluding carboxylic acids is 2. The first-order valence-electron chi connectivity index (χ1n) is 14.0. The molecule has 0 heterocycles. The summed E-state index contributed by atoms with van der Waals surface area (Å²) in [6.07, 6.45) is 5.42. The van der Waals surface area contributed by atoms with Crippen molar-refractivity contribution in [2.24, 2.45) is 39.9 Å². The van der Waals surface area contributed by atoms with Crippen molar-refractivity contribution in [3.05, 3.63) is 22.1 Å². The van der Waals surface area contributed by atoms with Gasteiger partial charge in [0.25, 0.3) is 0 Å². The van der Waals surface area contributed by atoms with Crippen LogP contribution in [0.15, 0.2) is 22.1 Å². The maximum absolute atomic E-state index is 12.6. The Morgan fingerprint density at radius 1 is 1.11 bits per heavy atom. The molecule has 0 aromatic heterocycles. The quantitative estimate of drug-likeness (QED) is 0.164. The predicted octanol–water partition coefficient (Wildman–Crippen LogP) is 4.71. The lowest BCUT2D eigenvalue weighted by Gasteiger charge is -2.69. The number of carbonyl (C=O) groups is 3. The molecular weight excluding hydrogens is 504 g/mol. The van der Waals surface area contributed by atoms with Crippen molar-refractivity contribution in [3.8, 4) is 0 Å². The summed E-state index contributed by atoms with van der Waals surface area (Å²) in [6.45, 7) is 10.3. The van der Waals surface area contributed by atoms with Gasteiger partial charge in [-0.25, -0.2) is 4.79 Å². The van der Waals surface area contributed by atoms with Gasteiger partial charge in [0.15, 0.2) is 6.29 Å². The summed E-state index contributed by atoms with van der Waals surface area (Å²) in [6, 6.07) is 0. The molecule has 4 rings (SSSR count). The van der Waals surface area contributed by atoms with E-state index in [4.69, 9.17) is 4.74 Å². The monoisotopic (exact) mass is 548 g/mol. The first-order valence-corrected chi connectivity index (χ1v) is 14.5. The molecule has 4 aliphatic carbocycles. The van der Waals surface area contributed by atoms with Crippen molar-refractivity contribution in [3.63, 3.8) is 0 Å². The van der Waals surface area contributed by atoms with Crippen LogP contribution in [-0.2, 0) is 19.1 Å². The van der Waals surface area contributed by atoms with Crippen molar-refractivity contribution in [2.45, 2.75) is 104 Å². The number of esters is 1. The molecule has 4 fully saturated rings. The minimum absolute atomic E-state index is 0.00202. The number of fused-ring (bicyclic) bond motifs is 5. The van der Waals surface area contributed by atoms with Crippen molar-refractivity contribution < 1.29 is 34.4 Å². The number of carboxylic acid groups (broad SMARTS) is 1. The summed E-state index contributed by atoms with van der Waals surface area (Å²) in [5, 5.41) is 32.8. The largest absolute Gasteiger partial charge is 0.478 e. The van der Waals surface area contributed by atoms with Gasteiger partial charge in [-0.3, -0.25) is 9.59 Å². The highest BCUT2D eigenvalue weighted by molar-refractivity contribution is 7.85. The van der Waals surface area contributed by atoms with Crippen LogP contribution in [0.3, 0.4) is 0 Å². The molecular formula is C30H44O7S. The normalized spacial score (nSPS) is 45.9. The lowest BCUT2D eigenvalue weighted by molar-refractivity contribution is -0.234. The van der Waals surface area contributed by atoms with Crippen LogP contribution >= 0.6 is 12.6 Å². The van der Waals surface area contributed by atoms with Gasteiger partial charge in [-0.05, 0) is 96.9 Å². The van der Waals surface area contributed by atoms with Gasteiger partial charge in [0.1, 0.15) is 6.10 Å². The number of hydrogen-bond acceptors (Lipinski definition) is 7. The van der Waals surface area contributed by atoms with E-state index in [1.165, 1.54) is 6.92 Å². The Labute approximate surface area is 231 Å². The van der Waals surface area contributed by atoms with Crippen LogP contribution < -0.4 is 0 Å². The second kappa shape index (κ2) is 10.4. The zero-order valence-electron chi connectivity index (χ0n) is 23.3. The molecule has 8 heteroatoms. The highest BCUT2D eigenvalue weighted by Crippen LogP contribution is 2.74. The number of allylic oxidation sites excluding steroid dienone is 2. The number of aliphatic carboxylic acids is 1. The first-order chi connectivity index (χ1) is 17.7. The topological polar surface area (TPSA) is 121 Å². The van der Waals surface area contributed by atoms with E-state index in [1.807, 2.05) is 0 Å². The van der Waals surface area contributed by atoms with E-state index in [9.17, 15) is 29.7 Å². The van der Waals surface area contributed by atoms with Gasteiger partial charge < -0.3 is 20.1 Å². The van der Waals surface area contributed by atoms with Gasteiger partial charge in [0.05, 0.1) is 12.2 Å². The van der Waals surface area contributed by atoms with Crippen LogP contribution in [0.5, 0.6) is 0 Å². The average Bonchev–Trinajstić information content (AvgIpc) is 3.10. The van der Waals surface area contributed by atoms with E-state index < -0.39 is 24.1 Å². The van der Waals surface area contributed by atoms with E-state index in [0.717, 1.165) is 25.7 Å². The molecule has 4 aliphatic rings. The van der Waals surface area contributed by atoms with E-state index in [0.29, 0.717) is 37.0 Å². The van der Waals surface area contributed by atoms with Gasteiger partial charge in [0.2, 0.25) is 0 Å². The summed E-state index contributed by atoms with van der Waals surface area (Å²) in [7, 11) is 0. The third-order valence-electron chi connectivity index (χ3n) is 11.5. The van der Waals surface area contributed by atoms with E-state index >= 15 is 0 Å². The highest BCUT2D eigenvalue weighted by Gasteiger charge is 2.70. The number of carboxylic acids is 1. The Morgan fingerprint density at radius 3 is 2.39 bits per heavy atom. The number of thiol groups is 1. The van der Waals surface area contributed by atoms with E-state index in [1.54, 1.807) is 6.08 Å². The molecule has 0 spiro atoms. The lowest BCUT2D eigenvalue weighted by atomic mass is 9.36. The van der Waals surface area contributed by atoms with Crippen LogP contribution in [0.2, 0.25) is 0 Å². The molecule has 4 saturated carbocycles. The zero-order chi connectivity index (χ0) is 28.2. The molecule has 0 aromatic carbocycles. The van der Waals surface area contributed by atoms with Crippen LogP contribution in [0, 0.1) is 39.9 Å². The first kappa shape index (κ1) is 29.3. The summed E-state index contributed by atoms with van der Waals surface area (Å²) in [5.41, 5.74) is 0.00166. The van der Waals surface area contributed by atoms with Gasteiger partial charge in [-0.1, -0.05) is 33.8 Å². The number of ether oxygens (including phenoxy) is 1. The number of aldehydes is 1. The molecule has 3 N–H and O–H groups in total. The minimum atomic E-state index is -1.06. The summed E-state index contributed by atoms with van der Waals surface area (Å²) < 4.78 is 5.82. The van der Waals surface area contributed by atoms with Gasteiger partial charge in [-0.2, -0.15) is 0 Å². The Morgan fingerprint density at radius 2 is 1.79 bits per heavy atom. The summed E-state index contributed by atoms with van der Waals surface area (Å²) >= 11 is 4.09. The Kier molecular flexibility index (Phi) is 8.03. The molecule has 212 valence electrons. The molecule has 0 radical (unpaired) electrons. The molecule has 7 nitrogen and oxygen atoms in total. The van der Waals surface area contributed by atoms with Gasteiger partial charge >= 0.3 is 11.9 Å². The molecule has 0 aliphatic heterocycles. The molecule has 0 saturated heterocycles. The smallest absolute Gasteiger partial charge is 0.331 e. The maximum atomic E-state index is 12.6. The Balaban J connectivity index is 1.81.